The lowest BCUT2D eigenvalue weighted by Gasteiger charge is -2.03. The third-order valence-electron chi connectivity index (χ3n) is 2.56. The quantitative estimate of drug-likeness (QED) is 0.609. The Bertz CT molecular complexity index is 723. The van der Waals surface area contributed by atoms with Crippen LogP contribution in [0.3, 0.4) is 0 Å². The van der Waals surface area contributed by atoms with E-state index in [1.807, 2.05) is 30.3 Å². The largest absolute Gasteiger partial charge is 0.383 e. The van der Waals surface area contributed by atoms with E-state index >= 15 is 0 Å². The van der Waals surface area contributed by atoms with Crippen molar-refractivity contribution in [2.45, 2.75) is 0 Å². The van der Waals surface area contributed by atoms with Crippen LogP contribution in [0.25, 0.3) is 17.1 Å². The molecule has 0 spiro atoms. The third kappa shape index (κ3) is 1.58. The maximum absolute atomic E-state index is 11.0. The first-order chi connectivity index (χ1) is 8.75. The van der Waals surface area contributed by atoms with Gasteiger partial charge in [0, 0.05) is 0 Å². The van der Waals surface area contributed by atoms with Gasteiger partial charge in [-0.3, -0.25) is 4.98 Å². The minimum Gasteiger partial charge on any atom is -0.383 e. The van der Waals surface area contributed by atoms with Crippen molar-refractivity contribution in [3.05, 3.63) is 47.0 Å². The highest BCUT2D eigenvalue weighted by molar-refractivity contribution is 5.69. The average Bonchev–Trinajstić information content (AvgIpc) is 2.97. The van der Waals surface area contributed by atoms with Crippen LogP contribution in [0.15, 0.2) is 41.3 Å². The molecule has 0 fully saturated rings. The monoisotopic (exact) mass is 242 g/mol. The van der Waals surface area contributed by atoms with Crippen molar-refractivity contribution in [1.29, 1.82) is 0 Å². The van der Waals surface area contributed by atoms with E-state index in [1.54, 1.807) is 10.9 Å². The van der Waals surface area contributed by atoms with E-state index in [0.717, 1.165) is 5.69 Å². The molecular weight excluding hydrogens is 232 g/mol. The molecule has 3 rings (SSSR count). The molecule has 3 aromatic rings. The molecule has 1 aromatic carbocycles. The number of nitrogen functional groups attached to an aromatic ring is 1. The summed E-state index contributed by atoms with van der Waals surface area (Å²) in [5.41, 5.74) is 7.05. The Morgan fingerprint density at radius 2 is 2.00 bits per heavy atom. The van der Waals surface area contributed by atoms with E-state index in [4.69, 9.17) is 5.73 Å². The van der Waals surface area contributed by atoms with Gasteiger partial charge in [-0.15, -0.1) is 0 Å². The zero-order valence-corrected chi connectivity index (χ0v) is 9.29. The second-order valence-electron chi connectivity index (χ2n) is 3.72. The standard InChI is InChI=1S/C11H10N6O/c12-9-8(10-14-11(18)16-15-10)6-13-17(9)7-4-2-1-3-5-7/h1-6H,12H2,(H2,14,15,16,18). The van der Waals surface area contributed by atoms with E-state index in [1.165, 1.54) is 0 Å². The van der Waals surface area contributed by atoms with Crippen molar-refractivity contribution < 1.29 is 0 Å². The molecule has 4 N–H and O–H groups in total. The van der Waals surface area contributed by atoms with Crippen molar-refractivity contribution in [3.63, 3.8) is 0 Å². The molecule has 0 unspecified atom stereocenters. The van der Waals surface area contributed by atoms with Crippen LogP contribution in [0.4, 0.5) is 5.82 Å². The Morgan fingerprint density at radius 3 is 2.67 bits per heavy atom. The van der Waals surface area contributed by atoms with Crippen molar-refractivity contribution in [2.24, 2.45) is 0 Å². The SMILES string of the molecule is Nc1c(-c2n[nH]c(=O)[nH]2)cnn1-c1ccccc1. The number of H-pyrrole nitrogens is 2. The highest BCUT2D eigenvalue weighted by Crippen LogP contribution is 2.23. The van der Waals surface area contributed by atoms with Crippen molar-refractivity contribution in [2.75, 3.05) is 5.73 Å². The second kappa shape index (κ2) is 3.88. The highest BCUT2D eigenvalue weighted by atomic mass is 16.1. The van der Waals surface area contributed by atoms with Gasteiger partial charge in [0.25, 0.3) is 0 Å². The lowest BCUT2D eigenvalue weighted by molar-refractivity contribution is 0.891. The normalized spacial score (nSPS) is 10.7. The van der Waals surface area contributed by atoms with Gasteiger partial charge in [0.1, 0.15) is 5.82 Å². The molecule has 2 aromatic heterocycles. The minimum absolute atomic E-state index is 0.375. The number of aromatic amines is 2. The number of anilines is 1. The molecule has 2 heterocycles. The van der Waals surface area contributed by atoms with Gasteiger partial charge in [0.2, 0.25) is 0 Å². The van der Waals surface area contributed by atoms with Crippen molar-refractivity contribution >= 4 is 5.82 Å². The smallest absolute Gasteiger partial charge is 0.340 e. The number of aromatic nitrogens is 5. The molecule has 7 heteroatoms. The number of hydrogen-bond acceptors (Lipinski definition) is 4. The van der Waals surface area contributed by atoms with Gasteiger partial charge in [-0.2, -0.15) is 10.2 Å². The number of nitrogens with zero attached hydrogens (tertiary/aromatic N) is 3. The number of benzene rings is 1. The number of nitrogens with two attached hydrogens (primary N) is 1. The second-order valence-corrected chi connectivity index (χ2v) is 3.72. The zero-order valence-electron chi connectivity index (χ0n) is 9.29. The highest BCUT2D eigenvalue weighted by Gasteiger charge is 2.13. The average molecular weight is 242 g/mol. The van der Waals surface area contributed by atoms with Crippen LogP contribution in [-0.2, 0) is 0 Å². The van der Waals surface area contributed by atoms with Crippen LogP contribution in [0.1, 0.15) is 0 Å². The molecular formula is C11H10N6O. The summed E-state index contributed by atoms with van der Waals surface area (Å²) >= 11 is 0. The van der Waals surface area contributed by atoms with Crippen LogP contribution in [0, 0.1) is 0 Å². The molecule has 0 atom stereocenters. The van der Waals surface area contributed by atoms with Gasteiger partial charge in [-0.25, -0.2) is 14.6 Å². The predicted octanol–water partition coefficient (Wildman–Crippen LogP) is 0.533. The van der Waals surface area contributed by atoms with Crippen LogP contribution in [0.5, 0.6) is 0 Å². The zero-order chi connectivity index (χ0) is 12.5. The molecule has 18 heavy (non-hydrogen) atoms. The summed E-state index contributed by atoms with van der Waals surface area (Å²) in [5.74, 6) is 0.795. The number of para-hydroxylation sites is 1. The maximum Gasteiger partial charge on any atom is 0.340 e. The van der Waals surface area contributed by atoms with Crippen molar-refractivity contribution in [1.82, 2.24) is 25.0 Å². The molecule has 0 saturated carbocycles. The van der Waals surface area contributed by atoms with Gasteiger partial charge in [0.15, 0.2) is 5.82 Å². The summed E-state index contributed by atoms with van der Waals surface area (Å²) in [6.07, 6.45) is 1.56. The summed E-state index contributed by atoms with van der Waals surface area (Å²) in [6.45, 7) is 0. The summed E-state index contributed by atoms with van der Waals surface area (Å²) in [4.78, 5) is 13.6. The Hall–Kier alpha value is -2.83. The Balaban J connectivity index is 2.11. The van der Waals surface area contributed by atoms with Gasteiger partial charge < -0.3 is 5.73 Å². The predicted molar refractivity (Wildman–Crippen MR) is 66.2 cm³/mol. The topological polar surface area (TPSA) is 105 Å². The van der Waals surface area contributed by atoms with Crippen LogP contribution < -0.4 is 11.4 Å². The molecule has 0 saturated heterocycles. The van der Waals surface area contributed by atoms with Crippen LogP contribution in [0.2, 0.25) is 0 Å². The lowest BCUT2D eigenvalue weighted by Crippen LogP contribution is -2.02. The van der Waals surface area contributed by atoms with Gasteiger partial charge in [-0.05, 0) is 12.1 Å². The Kier molecular flexibility index (Phi) is 2.23. The molecule has 0 aliphatic rings. The van der Waals surface area contributed by atoms with E-state index in [9.17, 15) is 4.79 Å². The third-order valence-corrected chi connectivity index (χ3v) is 2.56. The fourth-order valence-corrected chi connectivity index (χ4v) is 1.71. The Morgan fingerprint density at radius 1 is 1.22 bits per heavy atom. The van der Waals surface area contributed by atoms with Gasteiger partial charge in [-0.1, -0.05) is 18.2 Å². The first-order valence-corrected chi connectivity index (χ1v) is 5.29. The minimum atomic E-state index is -0.378. The summed E-state index contributed by atoms with van der Waals surface area (Å²) in [5, 5.41) is 10.3. The summed E-state index contributed by atoms with van der Waals surface area (Å²) in [6, 6.07) is 9.48. The maximum atomic E-state index is 11.0. The molecule has 7 nitrogen and oxygen atoms in total. The van der Waals surface area contributed by atoms with E-state index in [0.29, 0.717) is 17.2 Å². The summed E-state index contributed by atoms with van der Waals surface area (Å²) in [7, 11) is 0. The molecule has 0 aliphatic carbocycles. The first kappa shape index (κ1) is 10.3. The number of nitrogens with one attached hydrogen (secondary N) is 2. The molecule has 90 valence electrons. The van der Waals surface area contributed by atoms with E-state index < -0.39 is 0 Å². The first-order valence-electron chi connectivity index (χ1n) is 5.29. The van der Waals surface area contributed by atoms with Gasteiger partial charge in [0.05, 0.1) is 17.4 Å². The van der Waals surface area contributed by atoms with Crippen molar-refractivity contribution in [3.8, 4) is 17.1 Å². The van der Waals surface area contributed by atoms with Gasteiger partial charge >= 0.3 is 5.69 Å². The van der Waals surface area contributed by atoms with E-state index in [-0.39, 0.29) is 5.69 Å². The fraction of sp³-hybridized carbons (Fsp3) is 0. The number of rotatable bonds is 2. The van der Waals surface area contributed by atoms with E-state index in [2.05, 4.69) is 20.3 Å². The number of hydrogen-bond donors (Lipinski definition) is 3. The molecule has 0 amide bonds. The molecule has 0 radical (unpaired) electrons. The Labute approximate surface area is 101 Å². The fourth-order valence-electron chi connectivity index (χ4n) is 1.71. The molecule has 0 aliphatic heterocycles. The van der Waals surface area contributed by atoms with Crippen LogP contribution >= 0.6 is 0 Å². The molecule has 0 bridgehead atoms. The van der Waals surface area contributed by atoms with Crippen LogP contribution in [-0.4, -0.2) is 25.0 Å². The lowest BCUT2D eigenvalue weighted by atomic mass is 10.3. The summed E-state index contributed by atoms with van der Waals surface area (Å²) < 4.78 is 1.59.